The predicted molar refractivity (Wildman–Crippen MR) is 126 cm³/mol. The van der Waals surface area contributed by atoms with Crippen molar-refractivity contribution in [3.63, 3.8) is 0 Å². The van der Waals surface area contributed by atoms with Gasteiger partial charge in [0.1, 0.15) is 22.1 Å². The number of fused-ring (bicyclic) bond motifs is 1. The molecule has 32 heavy (non-hydrogen) atoms. The van der Waals surface area contributed by atoms with Crippen LogP contribution in [0.2, 0.25) is 10.3 Å². The Morgan fingerprint density at radius 3 is 2.44 bits per heavy atom. The van der Waals surface area contributed by atoms with Crippen molar-refractivity contribution in [2.24, 2.45) is 0 Å². The van der Waals surface area contributed by atoms with Gasteiger partial charge >= 0.3 is 6.09 Å². The summed E-state index contributed by atoms with van der Waals surface area (Å²) < 4.78 is 20.2. The average Bonchev–Trinajstić information content (AvgIpc) is 2.70. The standard InChI is InChI=1S/C20H28Cl2FN5O3S/c1-11(7-10-29)28(9-8-27(5)19(30)31-20(2,3)4)17-12-14(24-18(26-17)32-6)13(23)16(22)25-15(12)21/h11,29H,7-10H2,1-6H3. The number of ether oxygens (including phenoxy) is 1. The van der Waals surface area contributed by atoms with E-state index >= 15 is 0 Å². The number of halogens is 3. The van der Waals surface area contributed by atoms with Gasteiger partial charge in [0.2, 0.25) is 0 Å². The number of carbonyl (C=O) groups is 1. The number of aromatic nitrogens is 3. The second kappa shape index (κ2) is 11.0. The molecule has 0 aliphatic heterocycles. The van der Waals surface area contributed by atoms with Crippen molar-refractivity contribution < 1.29 is 19.0 Å². The predicted octanol–water partition coefficient (Wildman–Crippen LogP) is 4.64. The minimum absolute atomic E-state index is 0.0317. The van der Waals surface area contributed by atoms with Crippen LogP contribution in [0.15, 0.2) is 5.16 Å². The zero-order valence-corrected chi connectivity index (χ0v) is 21.3. The molecule has 178 valence electrons. The Bertz CT molecular complexity index is 977. The Morgan fingerprint density at radius 2 is 1.88 bits per heavy atom. The highest BCUT2D eigenvalue weighted by molar-refractivity contribution is 7.98. The van der Waals surface area contributed by atoms with Gasteiger partial charge < -0.3 is 19.6 Å². The summed E-state index contributed by atoms with van der Waals surface area (Å²) in [5, 5.41) is 9.65. The monoisotopic (exact) mass is 507 g/mol. The van der Waals surface area contributed by atoms with Crippen molar-refractivity contribution in [1.29, 1.82) is 0 Å². The first kappa shape index (κ1) is 26.6. The van der Waals surface area contributed by atoms with Crippen LogP contribution in [-0.2, 0) is 4.74 Å². The van der Waals surface area contributed by atoms with Gasteiger partial charge in [0.05, 0.1) is 5.39 Å². The molecule has 1 N–H and O–H groups in total. The highest BCUT2D eigenvalue weighted by atomic mass is 35.5. The van der Waals surface area contributed by atoms with E-state index in [1.54, 1.807) is 34.1 Å². The van der Waals surface area contributed by atoms with Gasteiger partial charge in [-0.25, -0.2) is 24.1 Å². The summed E-state index contributed by atoms with van der Waals surface area (Å²) >= 11 is 13.5. The summed E-state index contributed by atoms with van der Waals surface area (Å²) in [7, 11) is 1.63. The summed E-state index contributed by atoms with van der Waals surface area (Å²) in [4.78, 5) is 28.3. The molecule has 0 aliphatic rings. The van der Waals surface area contributed by atoms with Crippen LogP contribution < -0.4 is 4.90 Å². The topological polar surface area (TPSA) is 91.7 Å². The first-order chi connectivity index (χ1) is 14.9. The van der Waals surface area contributed by atoms with E-state index < -0.39 is 17.5 Å². The summed E-state index contributed by atoms with van der Waals surface area (Å²) in [5.74, 6) is -0.434. The summed E-state index contributed by atoms with van der Waals surface area (Å²) in [5.41, 5.74) is -0.660. The van der Waals surface area contributed by atoms with Gasteiger partial charge in [-0.2, -0.15) is 0 Å². The number of anilines is 1. The highest BCUT2D eigenvalue weighted by Crippen LogP contribution is 2.35. The molecule has 0 fully saturated rings. The van der Waals surface area contributed by atoms with E-state index in [4.69, 9.17) is 27.9 Å². The molecule has 0 saturated carbocycles. The van der Waals surface area contributed by atoms with Crippen molar-refractivity contribution in [1.82, 2.24) is 19.9 Å². The molecule has 2 heterocycles. The SMILES string of the molecule is CSc1nc(N(CCN(C)C(=O)OC(C)(C)C)C(C)CCO)c2c(Cl)nc(Cl)c(F)c2n1. The molecule has 1 amide bonds. The van der Waals surface area contributed by atoms with Crippen molar-refractivity contribution in [2.45, 2.75) is 50.9 Å². The number of carbonyl (C=O) groups excluding carboxylic acids is 1. The number of aliphatic hydroxyl groups excluding tert-OH is 1. The second-order valence-corrected chi connectivity index (χ2v) is 9.71. The van der Waals surface area contributed by atoms with E-state index in [0.29, 0.717) is 23.9 Å². The quantitative estimate of drug-likeness (QED) is 0.314. The van der Waals surface area contributed by atoms with E-state index in [0.717, 1.165) is 0 Å². The Labute approximate surface area is 201 Å². The Hall–Kier alpha value is -1.62. The molecule has 2 rings (SSSR count). The minimum atomic E-state index is -0.786. The smallest absolute Gasteiger partial charge is 0.410 e. The maximum Gasteiger partial charge on any atom is 0.410 e. The Balaban J connectivity index is 2.51. The third-order valence-electron chi connectivity index (χ3n) is 4.58. The van der Waals surface area contributed by atoms with Crippen molar-refractivity contribution in [3.05, 3.63) is 16.1 Å². The molecule has 0 bridgehead atoms. The van der Waals surface area contributed by atoms with Crippen LogP contribution in [0.3, 0.4) is 0 Å². The first-order valence-electron chi connectivity index (χ1n) is 9.97. The van der Waals surface area contributed by atoms with Crippen LogP contribution in [0.5, 0.6) is 0 Å². The molecule has 1 atom stereocenters. The van der Waals surface area contributed by atoms with Gasteiger partial charge in [0, 0.05) is 32.8 Å². The van der Waals surface area contributed by atoms with Crippen molar-refractivity contribution in [2.75, 3.05) is 37.9 Å². The lowest BCUT2D eigenvalue weighted by atomic mass is 10.1. The third-order valence-corrected chi connectivity index (χ3v) is 5.65. The fraction of sp³-hybridized carbons (Fsp3) is 0.600. The van der Waals surface area contributed by atoms with Crippen LogP contribution in [0.1, 0.15) is 34.1 Å². The van der Waals surface area contributed by atoms with Gasteiger partial charge in [-0.05, 0) is 40.4 Å². The molecular formula is C20H28Cl2FN5O3S. The Kier molecular flexibility index (Phi) is 9.15. The number of hydrogen-bond donors (Lipinski definition) is 1. The number of aliphatic hydroxyl groups is 1. The molecule has 12 heteroatoms. The van der Waals surface area contributed by atoms with Crippen LogP contribution in [0, 0.1) is 5.82 Å². The van der Waals surface area contributed by atoms with Crippen LogP contribution in [0.4, 0.5) is 15.0 Å². The Morgan fingerprint density at radius 1 is 1.22 bits per heavy atom. The van der Waals surface area contributed by atoms with E-state index in [-0.39, 0.29) is 40.4 Å². The lowest BCUT2D eigenvalue weighted by Gasteiger charge is -2.33. The number of thioether (sulfide) groups is 1. The van der Waals surface area contributed by atoms with Gasteiger partial charge in [-0.15, -0.1) is 0 Å². The highest BCUT2D eigenvalue weighted by Gasteiger charge is 2.26. The maximum atomic E-state index is 14.8. The molecule has 0 spiro atoms. The fourth-order valence-corrected chi connectivity index (χ4v) is 3.77. The van der Waals surface area contributed by atoms with Crippen LogP contribution in [-0.4, -0.2) is 75.7 Å². The number of rotatable bonds is 8. The van der Waals surface area contributed by atoms with Gasteiger partial charge in [-0.1, -0.05) is 35.0 Å². The largest absolute Gasteiger partial charge is 0.444 e. The minimum Gasteiger partial charge on any atom is -0.444 e. The third kappa shape index (κ3) is 6.46. The van der Waals surface area contributed by atoms with Crippen molar-refractivity contribution >= 4 is 57.8 Å². The molecule has 1 unspecified atom stereocenters. The van der Waals surface area contributed by atoms with Crippen LogP contribution >= 0.6 is 35.0 Å². The summed E-state index contributed by atoms with van der Waals surface area (Å²) in [6.45, 7) is 7.80. The van der Waals surface area contributed by atoms with E-state index in [9.17, 15) is 14.3 Å². The zero-order chi connectivity index (χ0) is 24.2. The lowest BCUT2D eigenvalue weighted by molar-refractivity contribution is 0.0302. The number of amides is 1. The normalized spacial score (nSPS) is 12.7. The van der Waals surface area contributed by atoms with Crippen molar-refractivity contribution in [3.8, 4) is 0 Å². The molecule has 0 radical (unpaired) electrons. The average molecular weight is 508 g/mol. The van der Waals surface area contributed by atoms with E-state index in [1.165, 1.54) is 16.7 Å². The maximum absolute atomic E-state index is 14.8. The molecular weight excluding hydrogens is 480 g/mol. The van der Waals surface area contributed by atoms with Crippen LogP contribution in [0.25, 0.3) is 10.9 Å². The molecule has 8 nitrogen and oxygen atoms in total. The first-order valence-corrected chi connectivity index (χ1v) is 12.0. The molecule has 0 aromatic carbocycles. The molecule has 0 aliphatic carbocycles. The molecule has 2 aromatic rings. The van der Waals surface area contributed by atoms with E-state index in [1.807, 2.05) is 11.8 Å². The van der Waals surface area contributed by atoms with E-state index in [2.05, 4.69) is 15.0 Å². The lowest BCUT2D eigenvalue weighted by Crippen LogP contribution is -2.43. The molecule has 2 aromatic heterocycles. The summed E-state index contributed by atoms with van der Waals surface area (Å²) in [6.07, 6.45) is 1.71. The summed E-state index contributed by atoms with van der Waals surface area (Å²) in [6, 6.07) is -0.213. The second-order valence-electron chi connectivity index (χ2n) is 8.22. The molecule has 0 saturated heterocycles. The van der Waals surface area contributed by atoms with Gasteiger partial charge in [0.25, 0.3) is 0 Å². The zero-order valence-electron chi connectivity index (χ0n) is 18.9. The van der Waals surface area contributed by atoms with Gasteiger partial charge in [-0.3, -0.25) is 0 Å². The van der Waals surface area contributed by atoms with Gasteiger partial charge in [0.15, 0.2) is 16.1 Å². The number of nitrogens with zero attached hydrogens (tertiary/aromatic N) is 5. The number of hydrogen-bond acceptors (Lipinski definition) is 8. The number of likely N-dealkylation sites (N-methyl/N-ethyl adjacent to an activating group) is 1. The fourth-order valence-electron chi connectivity index (χ4n) is 2.93. The number of pyridine rings is 1.